The van der Waals surface area contributed by atoms with Crippen molar-refractivity contribution in [1.82, 2.24) is 0 Å². The van der Waals surface area contributed by atoms with Crippen molar-refractivity contribution in [3.63, 3.8) is 0 Å². The molecule has 0 aromatic rings. The van der Waals surface area contributed by atoms with Crippen LogP contribution in [0.2, 0.25) is 0 Å². The largest absolute Gasteiger partial charge is 0.466 e. The van der Waals surface area contributed by atoms with Gasteiger partial charge in [-0.25, -0.2) is 4.79 Å². The van der Waals surface area contributed by atoms with Crippen LogP contribution in [0, 0.1) is 5.92 Å². The van der Waals surface area contributed by atoms with E-state index in [0.717, 1.165) is 0 Å². The maximum atomic E-state index is 11.5. The number of carbonyl (C=O) groups is 2. The van der Waals surface area contributed by atoms with Crippen LogP contribution < -0.4 is 0 Å². The van der Waals surface area contributed by atoms with Crippen LogP contribution >= 0.6 is 0 Å². The summed E-state index contributed by atoms with van der Waals surface area (Å²) < 4.78 is 9.73. The molecule has 1 atom stereocenters. The van der Waals surface area contributed by atoms with Crippen molar-refractivity contribution >= 4 is 11.9 Å². The Morgan fingerprint density at radius 1 is 1.19 bits per heavy atom. The van der Waals surface area contributed by atoms with E-state index in [-0.39, 0.29) is 24.3 Å². The molecule has 1 unspecified atom stereocenters. The molecule has 4 nitrogen and oxygen atoms in total. The van der Waals surface area contributed by atoms with E-state index in [1.165, 1.54) is 0 Å². The number of carbonyl (C=O) groups excluding carboxylic acids is 2. The quantitative estimate of drug-likeness (QED) is 0.516. The van der Waals surface area contributed by atoms with Crippen LogP contribution in [-0.2, 0) is 19.1 Å². The molecule has 92 valence electrons. The summed E-state index contributed by atoms with van der Waals surface area (Å²) in [6.07, 6.45) is 1.88. The Morgan fingerprint density at radius 3 is 2.19 bits per heavy atom. The van der Waals surface area contributed by atoms with Crippen molar-refractivity contribution < 1.29 is 19.1 Å². The summed E-state index contributed by atoms with van der Waals surface area (Å²) in [5.41, 5.74) is 0.523. The van der Waals surface area contributed by atoms with E-state index in [1.54, 1.807) is 26.8 Å². The number of hydrogen-bond acceptors (Lipinski definition) is 4. The third kappa shape index (κ3) is 4.96. The molecule has 16 heavy (non-hydrogen) atoms. The molecule has 0 aromatic carbocycles. The lowest BCUT2D eigenvalue weighted by Crippen LogP contribution is -2.18. The zero-order chi connectivity index (χ0) is 12.6. The average Bonchev–Trinajstić information content (AvgIpc) is 2.19. The Morgan fingerprint density at radius 2 is 1.75 bits per heavy atom. The highest BCUT2D eigenvalue weighted by Crippen LogP contribution is 2.17. The zero-order valence-electron chi connectivity index (χ0n) is 10.4. The molecule has 0 aliphatic heterocycles. The first-order chi connectivity index (χ1) is 7.56. The third-order valence-corrected chi connectivity index (χ3v) is 2.13. The van der Waals surface area contributed by atoms with Crippen molar-refractivity contribution in [2.75, 3.05) is 13.2 Å². The average molecular weight is 228 g/mol. The van der Waals surface area contributed by atoms with Gasteiger partial charge in [0.15, 0.2) is 0 Å². The number of rotatable bonds is 6. The summed E-state index contributed by atoms with van der Waals surface area (Å²) in [6.45, 7) is 7.77. The van der Waals surface area contributed by atoms with Crippen LogP contribution in [0.1, 0.15) is 34.1 Å². The molecule has 0 aromatic heterocycles. The number of allylic oxidation sites excluding steroid dienone is 1. The summed E-state index contributed by atoms with van der Waals surface area (Å²) in [6, 6.07) is 0. The minimum absolute atomic E-state index is 0.178. The maximum Gasteiger partial charge on any atom is 0.333 e. The minimum atomic E-state index is -0.359. The first-order valence-electron chi connectivity index (χ1n) is 5.55. The van der Waals surface area contributed by atoms with Crippen molar-refractivity contribution in [2.24, 2.45) is 5.92 Å². The summed E-state index contributed by atoms with van der Waals surface area (Å²) in [7, 11) is 0. The Labute approximate surface area is 96.6 Å². The molecule has 0 radical (unpaired) electrons. The highest BCUT2D eigenvalue weighted by molar-refractivity contribution is 5.89. The molecule has 0 bridgehead atoms. The fraction of sp³-hybridized carbons (Fsp3) is 0.667. The highest BCUT2D eigenvalue weighted by atomic mass is 16.5. The molecule has 4 heteroatoms. The molecule has 0 saturated carbocycles. The lowest BCUT2D eigenvalue weighted by molar-refractivity contribution is -0.144. The van der Waals surface area contributed by atoms with Gasteiger partial charge in [0, 0.05) is 5.57 Å². The van der Waals surface area contributed by atoms with Crippen LogP contribution in [0.15, 0.2) is 11.6 Å². The van der Waals surface area contributed by atoms with E-state index in [2.05, 4.69) is 0 Å². The van der Waals surface area contributed by atoms with Gasteiger partial charge in [-0.2, -0.15) is 0 Å². The Hall–Kier alpha value is -1.32. The van der Waals surface area contributed by atoms with Gasteiger partial charge in [0.05, 0.1) is 19.6 Å². The van der Waals surface area contributed by atoms with Gasteiger partial charge in [-0.15, -0.1) is 0 Å². The summed E-state index contributed by atoms with van der Waals surface area (Å²) in [4.78, 5) is 22.8. The monoisotopic (exact) mass is 228 g/mol. The molecule has 0 saturated heterocycles. The molecule has 0 fully saturated rings. The minimum Gasteiger partial charge on any atom is -0.466 e. The normalized spacial score (nSPS) is 13.1. The fourth-order valence-electron chi connectivity index (χ4n) is 1.40. The van der Waals surface area contributed by atoms with E-state index in [9.17, 15) is 9.59 Å². The molecular formula is C12H20O4. The number of ether oxygens (including phenoxy) is 2. The summed E-state index contributed by atoms with van der Waals surface area (Å²) in [5.74, 6) is -0.830. The molecule has 0 aliphatic rings. The van der Waals surface area contributed by atoms with E-state index in [4.69, 9.17) is 9.47 Å². The molecule has 0 amide bonds. The van der Waals surface area contributed by atoms with Gasteiger partial charge in [-0.05, 0) is 26.7 Å². The van der Waals surface area contributed by atoms with Crippen molar-refractivity contribution in [1.29, 1.82) is 0 Å². The van der Waals surface area contributed by atoms with Gasteiger partial charge < -0.3 is 9.47 Å². The number of esters is 2. The maximum absolute atomic E-state index is 11.5. The van der Waals surface area contributed by atoms with Crippen molar-refractivity contribution in [3.8, 4) is 0 Å². The Bertz CT molecular complexity index is 268. The second-order valence-corrected chi connectivity index (χ2v) is 3.37. The SMILES string of the molecule is CC=C(C(=O)OCC)C(C)CC(=O)OCC. The highest BCUT2D eigenvalue weighted by Gasteiger charge is 2.20. The predicted octanol–water partition coefficient (Wildman–Crippen LogP) is 2.09. The first kappa shape index (κ1) is 14.7. The van der Waals surface area contributed by atoms with Gasteiger partial charge in [-0.3, -0.25) is 4.79 Å². The van der Waals surface area contributed by atoms with E-state index in [1.807, 2.05) is 6.92 Å². The van der Waals surface area contributed by atoms with Crippen LogP contribution in [0.5, 0.6) is 0 Å². The van der Waals surface area contributed by atoms with Crippen molar-refractivity contribution in [3.05, 3.63) is 11.6 Å². The smallest absolute Gasteiger partial charge is 0.333 e. The van der Waals surface area contributed by atoms with E-state index in [0.29, 0.717) is 18.8 Å². The van der Waals surface area contributed by atoms with Gasteiger partial charge in [0.1, 0.15) is 0 Å². The second-order valence-electron chi connectivity index (χ2n) is 3.37. The predicted molar refractivity (Wildman–Crippen MR) is 60.8 cm³/mol. The fourth-order valence-corrected chi connectivity index (χ4v) is 1.40. The molecule has 0 rings (SSSR count). The number of hydrogen-bond donors (Lipinski definition) is 0. The topological polar surface area (TPSA) is 52.6 Å². The lowest BCUT2D eigenvalue weighted by Gasteiger charge is -2.13. The first-order valence-corrected chi connectivity index (χ1v) is 5.55. The van der Waals surface area contributed by atoms with Crippen LogP contribution in [0.4, 0.5) is 0 Å². The van der Waals surface area contributed by atoms with E-state index < -0.39 is 0 Å². The van der Waals surface area contributed by atoms with Crippen LogP contribution in [0.3, 0.4) is 0 Å². The lowest BCUT2D eigenvalue weighted by atomic mass is 9.97. The second kappa shape index (κ2) is 7.91. The molecule has 0 N–H and O–H groups in total. The Kier molecular flexibility index (Phi) is 7.25. The van der Waals surface area contributed by atoms with Gasteiger partial charge >= 0.3 is 11.9 Å². The van der Waals surface area contributed by atoms with Gasteiger partial charge in [-0.1, -0.05) is 13.0 Å². The molecule has 0 heterocycles. The van der Waals surface area contributed by atoms with Gasteiger partial charge in [0.2, 0.25) is 0 Å². The molecular weight excluding hydrogens is 208 g/mol. The van der Waals surface area contributed by atoms with Crippen LogP contribution in [-0.4, -0.2) is 25.2 Å². The van der Waals surface area contributed by atoms with Gasteiger partial charge in [0.25, 0.3) is 0 Å². The molecule has 0 spiro atoms. The summed E-state index contributed by atoms with van der Waals surface area (Å²) >= 11 is 0. The molecule has 0 aliphatic carbocycles. The zero-order valence-corrected chi connectivity index (χ0v) is 10.4. The third-order valence-electron chi connectivity index (χ3n) is 2.13. The standard InChI is InChI=1S/C12H20O4/c1-5-10(12(14)16-7-3)9(4)8-11(13)15-6-2/h5,9H,6-8H2,1-4H3. The Balaban J connectivity index is 4.38. The summed E-state index contributed by atoms with van der Waals surface area (Å²) in [5, 5.41) is 0. The van der Waals surface area contributed by atoms with Crippen molar-refractivity contribution in [2.45, 2.75) is 34.1 Å². The van der Waals surface area contributed by atoms with E-state index >= 15 is 0 Å². The van der Waals surface area contributed by atoms with Crippen LogP contribution in [0.25, 0.3) is 0 Å².